The fraction of sp³-hybridized carbons (Fsp3) is 0.692. The molecule has 2 saturated heterocycles. The van der Waals surface area contributed by atoms with E-state index in [4.69, 9.17) is 0 Å². The predicted octanol–water partition coefficient (Wildman–Crippen LogP) is 0.512. The van der Waals surface area contributed by atoms with Crippen molar-refractivity contribution in [2.75, 3.05) is 26.2 Å². The number of carbonyl (C=O) groups excluding carboxylic acids is 1. The van der Waals surface area contributed by atoms with Gasteiger partial charge in [-0.2, -0.15) is 5.10 Å². The highest BCUT2D eigenvalue weighted by atomic mass is 16.2. The van der Waals surface area contributed by atoms with Crippen LogP contribution in [0.5, 0.6) is 0 Å². The number of rotatable bonds is 2. The molecular weight excluding hydrogens is 228 g/mol. The van der Waals surface area contributed by atoms with Gasteiger partial charge in [0, 0.05) is 25.5 Å². The molecule has 0 spiro atoms. The Balaban J connectivity index is 1.66. The molecule has 3 unspecified atom stereocenters. The lowest BCUT2D eigenvalue weighted by Crippen LogP contribution is -2.45. The average Bonchev–Trinajstić information content (AvgIpc) is 3.06. The number of hydrogen-bond acceptors (Lipinski definition) is 3. The van der Waals surface area contributed by atoms with Crippen LogP contribution in [0.4, 0.5) is 0 Å². The zero-order valence-corrected chi connectivity index (χ0v) is 10.7. The van der Waals surface area contributed by atoms with Crippen LogP contribution in [0, 0.1) is 11.8 Å². The molecule has 5 nitrogen and oxygen atoms in total. The molecule has 5 heteroatoms. The number of nitrogens with one attached hydrogen (secondary N) is 1. The third kappa shape index (κ3) is 2.03. The van der Waals surface area contributed by atoms with E-state index >= 15 is 0 Å². The maximum Gasteiger partial charge on any atom is 0.247 e. The van der Waals surface area contributed by atoms with E-state index < -0.39 is 0 Å². The molecule has 3 heterocycles. The van der Waals surface area contributed by atoms with Gasteiger partial charge in [0.15, 0.2) is 0 Å². The second kappa shape index (κ2) is 4.72. The number of aromatic nitrogens is 2. The van der Waals surface area contributed by atoms with Gasteiger partial charge in [-0.1, -0.05) is 0 Å². The van der Waals surface area contributed by atoms with Gasteiger partial charge in [-0.15, -0.1) is 0 Å². The fourth-order valence-corrected chi connectivity index (χ4v) is 3.12. The first-order valence-corrected chi connectivity index (χ1v) is 6.74. The van der Waals surface area contributed by atoms with E-state index in [9.17, 15) is 4.79 Å². The minimum Gasteiger partial charge on any atom is -0.341 e. The monoisotopic (exact) mass is 248 g/mol. The Morgan fingerprint density at radius 2 is 2.28 bits per heavy atom. The van der Waals surface area contributed by atoms with E-state index in [1.807, 2.05) is 24.1 Å². The molecule has 1 N–H and O–H groups in total. The molecule has 1 aromatic heterocycles. The summed E-state index contributed by atoms with van der Waals surface area (Å²) in [5.41, 5.74) is 0. The second-order valence-corrected chi connectivity index (χ2v) is 5.41. The highest BCUT2D eigenvalue weighted by Crippen LogP contribution is 2.27. The van der Waals surface area contributed by atoms with Gasteiger partial charge in [-0.3, -0.25) is 9.48 Å². The highest BCUT2D eigenvalue weighted by Gasteiger charge is 2.35. The molecule has 0 radical (unpaired) electrons. The molecule has 98 valence electrons. The summed E-state index contributed by atoms with van der Waals surface area (Å²) in [5, 5.41) is 7.58. The van der Waals surface area contributed by atoms with Crippen LogP contribution in [0.2, 0.25) is 0 Å². The van der Waals surface area contributed by atoms with Crippen LogP contribution in [0.25, 0.3) is 0 Å². The van der Waals surface area contributed by atoms with Crippen LogP contribution in [-0.4, -0.2) is 46.8 Å². The molecule has 18 heavy (non-hydrogen) atoms. The summed E-state index contributed by atoms with van der Waals surface area (Å²) in [5.74, 6) is 1.62. The Morgan fingerprint density at radius 1 is 1.44 bits per heavy atom. The van der Waals surface area contributed by atoms with Crippen molar-refractivity contribution in [3.05, 3.63) is 18.5 Å². The molecule has 2 fully saturated rings. The fourth-order valence-electron chi connectivity index (χ4n) is 3.12. The van der Waals surface area contributed by atoms with Crippen molar-refractivity contribution in [1.29, 1.82) is 0 Å². The van der Waals surface area contributed by atoms with Crippen LogP contribution in [0.15, 0.2) is 18.5 Å². The maximum absolute atomic E-state index is 12.4. The van der Waals surface area contributed by atoms with Crippen LogP contribution in [0.3, 0.4) is 0 Å². The van der Waals surface area contributed by atoms with E-state index in [2.05, 4.69) is 10.4 Å². The Hall–Kier alpha value is -1.36. The van der Waals surface area contributed by atoms with Crippen LogP contribution in [0.1, 0.15) is 19.4 Å². The summed E-state index contributed by atoms with van der Waals surface area (Å²) >= 11 is 0. The van der Waals surface area contributed by atoms with Gasteiger partial charge >= 0.3 is 0 Å². The quantitative estimate of drug-likeness (QED) is 0.830. The van der Waals surface area contributed by atoms with Crippen molar-refractivity contribution in [3.8, 4) is 0 Å². The largest absolute Gasteiger partial charge is 0.341 e. The van der Waals surface area contributed by atoms with Crippen molar-refractivity contribution in [1.82, 2.24) is 20.0 Å². The summed E-state index contributed by atoms with van der Waals surface area (Å²) in [6.07, 6.45) is 4.71. The summed E-state index contributed by atoms with van der Waals surface area (Å²) in [7, 11) is 0. The number of likely N-dealkylation sites (tertiary alicyclic amines) is 1. The van der Waals surface area contributed by atoms with Crippen LogP contribution >= 0.6 is 0 Å². The Kier molecular flexibility index (Phi) is 3.07. The molecule has 1 amide bonds. The lowest BCUT2D eigenvalue weighted by atomic mass is 9.88. The number of carbonyl (C=O) groups is 1. The Morgan fingerprint density at radius 3 is 3.06 bits per heavy atom. The first kappa shape index (κ1) is 11.7. The summed E-state index contributed by atoms with van der Waals surface area (Å²) in [6.45, 7) is 5.91. The number of nitrogens with zero attached hydrogens (tertiary/aromatic N) is 3. The zero-order valence-electron chi connectivity index (χ0n) is 10.7. The van der Waals surface area contributed by atoms with Crippen molar-refractivity contribution in [3.63, 3.8) is 0 Å². The lowest BCUT2D eigenvalue weighted by molar-refractivity contribution is -0.136. The molecule has 0 aromatic carbocycles. The zero-order chi connectivity index (χ0) is 12.5. The molecule has 0 bridgehead atoms. The second-order valence-electron chi connectivity index (χ2n) is 5.41. The smallest absolute Gasteiger partial charge is 0.247 e. The SMILES string of the molecule is CC(C(=O)N1CCC2CNCC2C1)n1cccn1. The van der Waals surface area contributed by atoms with Gasteiger partial charge in [0.05, 0.1) is 0 Å². The maximum atomic E-state index is 12.4. The third-order valence-electron chi connectivity index (χ3n) is 4.30. The topological polar surface area (TPSA) is 50.2 Å². The van der Waals surface area contributed by atoms with Gasteiger partial charge in [0.1, 0.15) is 6.04 Å². The first-order valence-electron chi connectivity index (χ1n) is 6.74. The normalized spacial score (nSPS) is 29.1. The number of piperidine rings is 1. The van der Waals surface area contributed by atoms with E-state index in [0.717, 1.165) is 38.5 Å². The Bertz CT molecular complexity index is 417. The number of hydrogen-bond donors (Lipinski definition) is 1. The van der Waals surface area contributed by atoms with Gasteiger partial charge in [-0.25, -0.2) is 0 Å². The molecule has 3 atom stereocenters. The van der Waals surface area contributed by atoms with E-state index in [0.29, 0.717) is 5.92 Å². The Labute approximate surface area is 107 Å². The number of amides is 1. The van der Waals surface area contributed by atoms with Gasteiger partial charge in [0.2, 0.25) is 5.91 Å². The summed E-state index contributed by atoms with van der Waals surface area (Å²) in [4.78, 5) is 14.4. The molecule has 3 rings (SSSR count). The molecule has 0 saturated carbocycles. The third-order valence-corrected chi connectivity index (χ3v) is 4.30. The number of fused-ring (bicyclic) bond motifs is 1. The molecule has 2 aliphatic rings. The molecular formula is C13H20N4O. The van der Waals surface area contributed by atoms with E-state index in [1.54, 1.807) is 10.9 Å². The minimum absolute atomic E-state index is 0.189. The first-order chi connectivity index (χ1) is 8.75. The average molecular weight is 248 g/mol. The van der Waals surface area contributed by atoms with Crippen LogP contribution < -0.4 is 5.32 Å². The highest BCUT2D eigenvalue weighted by molar-refractivity contribution is 5.80. The molecule has 1 aromatic rings. The van der Waals surface area contributed by atoms with Crippen molar-refractivity contribution in [2.45, 2.75) is 19.4 Å². The van der Waals surface area contributed by atoms with Gasteiger partial charge in [-0.05, 0) is 44.3 Å². The lowest BCUT2D eigenvalue weighted by Gasteiger charge is -2.35. The molecule has 0 aliphatic carbocycles. The summed E-state index contributed by atoms with van der Waals surface area (Å²) in [6, 6.07) is 1.67. The van der Waals surface area contributed by atoms with Crippen LogP contribution in [-0.2, 0) is 4.79 Å². The standard InChI is InChI=1S/C13H20N4O/c1-10(17-5-2-4-15-17)13(18)16-6-3-11-7-14-8-12(11)9-16/h2,4-5,10-12,14H,3,6-9H2,1H3. The summed E-state index contributed by atoms with van der Waals surface area (Å²) < 4.78 is 1.74. The van der Waals surface area contributed by atoms with Crippen molar-refractivity contribution in [2.24, 2.45) is 11.8 Å². The van der Waals surface area contributed by atoms with Crippen molar-refractivity contribution >= 4 is 5.91 Å². The van der Waals surface area contributed by atoms with Crippen molar-refractivity contribution < 1.29 is 4.79 Å². The molecule has 2 aliphatic heterocycles. The predicted molar refractivity (Wildman–Crippen MR) is 68.0 cm³/mol. The minimum atomic E-state index is -0.189. The van der Waals surface area contributed by atoms with Gasteiger partial charge < -0.3 is 10.2 Å². The van der Waals surface area contributed by atoms with E-state index in [-0.39, 0.29) is 11.9 Å². The van der Waals surface area contributed by atoms with Gasteiger partial charge in [0.25, 0.3) is 0 Å². The van der Waals surface area contributed by atoms with E-state index in [1.165, 1.54) is 0 Å².